The van der Waals surface area contributed by atoms with Crippen LogP contribution in [0.15, 0.2) is 34.3 Å². The molecule has 32 heavy (non-hydrogen) atoms. The van der Waals surface area contributed by atoms with Gasteiger partial charge in [-0.2, -0.15) is 0 Å². The van der Waals surface area contributed by atoms with E-state index < -0.39 is 0 Å². The van der Waals surface area contributed by atoms with E-state index in [1.165, 1.54) is 0 Å². The Hall–Kier alpha value is -1.52. The number of hydrogen-bond acceptors (Lipinski definition) is 4. The summed E-state index contributed by atoms with van der Waals surface area (Å²) in [5.74, 6) is 0. The maximum absolute atomic E-state index is 5.83. The number of ether oxygens (including phenoxy) is 2. The van der Waals surface area contributed by atoms with Crippen molar-refractivity contribution in [2.45, 2.75) is 118 Å². The van der Waals surface area contributed by atoms with Crippen LogP contribution in [0.25, 0.3) is 0 Å². The Morgan fingerprint density at radius 2 is 0.875 bits per heavy atom. The van der Waals surface area contributed by atoms with Crippen LogP contribution < -0.4 is 0 Å². The molecule has 0 amide bonds. The lowest BCUT2D eigenvalue weighted by Gasteiger charge is -2.24. The first-order valence-electron chi connectivity index (χ1n) is 12.1. The highest BCUT2D eigenvalue weighted by atomic mass is 16.5. The summed E-state index contributed by atoms with van der Waals surface area (Å²) in [6, 6.07) is 8.34. The maximum atomic E-state index is 5.83. The normalized spacial score (nSPS) is 13.5. The van der Waals surface area contributed by atoms with Gasteiger partial charge in [-0.3, -0.25) is 9.98 Å². The lowest BCUT2D eigenvalue weighted by atomic mass is 10.0. The molecule has 0 saturated carbocycles. The summed E-state index contributed by atoms with van der Waals surface area (Å²) in [5, 5.41) is 0. The van der Waals surface area contributed by atoms with Crippen LogP contribution in [0.1, 0.15) is 107 Å². The molecule has 0 bridgehead atoms. The third-order valence-corrected chi connectivity index (χ3v) is 4.56. The van der Waals surface area contributed by atoms with Crippen LogP contribution in [0.5, 0.6) is 0 Å². The van der Waals surface area contributed by atoms with Gasteiger partial charge in [0.1, 0.15) is 0 Å². The zero-order valence-electron chi connectivity index (χ0n) is 23.0. The molecule has 0 spiro atoms. The SMILES string of the molecule is CC.CC(C)(CCOC(C)(C)C)N=Cc1ccc(C=NC(C)(C)CCOC(C)(C)C)cc1. The molecular weight excluding hydrogens is 396 g/mol. The van der Waals surface area contributed by atoms with E-state index in [9.17, 15) is 0 Å². The summed E-state index contributed by atoms with van der Waals surface area (Å²) in [7, 11) is 0. The van der Waals surface area contributed by atoms with Crippen molar-refractivity contribution < 1.29 is 9.47 Å². The van der Waals surface area contributed by atoms with E-state index in [4.69, 9.17) is 19.5 Å². The van der Waals surface area contributed by atoms with Gasteiger partial charge in [0, 0.05) is 25.6 Å². The average molecular weight is 447 g/mol. The molecule has 0 N–H and O–H groups in total. The molecule has 4 heteroatoms. The van der Waals surface area contributed by atoms with E-state index in [1.807, 2.05) is 26.3 Å². The monoisotopic (exact) mass is 446 g/mol. The lowest BCUT2D eigenvalue weighted by Crippen LogP contribution is -2.25. The summed E-state index contributed by atoms with van der Waals surface area (Å²) in [6.07, 6.45) is 5.68. The number of hydrogen-bond donors (Lipinski definition) is 0. The Balaban J connectivity index is 0.00000466. The molecule has 0 saturated heterocycles. The first kappa shape index (κ1) is 30.5. The van der Waals surface area contributed by atoms with E-state index in [0.29, 0.717) is 13.2 Å². The fourth-order valence-electron chi connectivity index (χ4n) is 2.51. The average Bonchev–Trinajstić information content (AvgIpc) is 2.65. The van der Waals surface area contributed by atoms with Crippen LogP contribution in [0, 0.1) is 0 Å². The summed E-state index contributed by atoms with van der Waals surface area (Å²) in [4.78, 5) is 9.52. The minimum atomic E-state index is -0.148. The molecule has 0 aliphatic heterocycles. The van der Waals surface area contributed by atoms with Crippen LogP contribution in [0.4, 0.5) is 0 Å². The Kier molecular flexibility index (Phi) is 12.6. The van der Waals surface area contributed by atoms with Gasteiger partial charge in [0.2, 0.25) is 0 Å². The summed E-state index contributed by atoms with van der Waals surface area (Å²) in [6.45, 7) is 26.4. The standard InChI is InChI=1S/C26H44N2O2.C2H6/c1-23(2,3)29-17-15-25(7,8)27-19-21-11-13-22(14-12-21)20-28-26(9,10)16-18-30-24(4,5)6;1-2/h11-14,19-20H,15-18H2,1-10H3;1-2H3. The molecule has 1 aromatic rings. The quantitative estimate of drug-likeness (QED) is 0.349. The summed E-state index contributed by atoms with van der Waals surface area (Å²) < 4.78 is 11.7. The van der Waals surface area contributed by atoms with Crippen molar-refractivity contribution in [1.29, 1.82) is 0 Å². The topological polar surface area (TPSA) is 43.2 Å². The molecule has 0 unspecified atom stereocenters. The fraction of sp³-hybridized carbons (Fsp3) is 0.714. The number of benzene rings is 1. The molecule has 0 aliphatic carbocycles. The van der Waals surface area contributed by atoms with E-state index in [0.717, 1.165) is 24.0 Å². The van der Waals surface area contributed by atoms with Crippen LogP contribution in [-0.4, -0.2) is 47.9 Å². The summed E-state index contributed by atoms with van der Waals surface area (Å²) in [5.41, 5.74) is 1.68. The van der Waals surface area contributed by atoms with Gasteiger partial charge in [0.05, 0.1) is 22.3 Å². The molecule has 0 atom stereocenters. The molecule has 0 aromatic heterocycles. The van der Waals surface area contributed by atoms with Crippen LogP contribution in [-0.2, 0) is 9.47 Å². The fourth-order valence-corrected chi connectivity index (χ4v) is 2.51. The molecule has 1 rings (SSSR count). The van der Waals surface area contributed by atoms with Crippen LogP contribution >= 0.6 is 0 Å². The highest BCUT2D eigenvalue weighted by Gasteiger charge is 2.19. The van der Waals surface area contributed by atoms with Gasteiger partial charge < -0.3 is 9.47 Å². The van der Waals surface area contributed by atoms with E-state index in [-0.39, 0.29) is 22.3 Å². The van der Waals surface area contributed by atoms with E-state index in [1.54, 1.807) is 0 Å². The van der Waals surface area contributed by atoms with Gasteiger partial charge in [-0.15, -0.1) is 0 Å². The van der Waals surface area contributed by atoms with Gasteiger partial charge in [0.15, 0.2) is 0 Å². The first-order valence-corrected chi connectivity index (χ1v) is 12.1. The van der Waals surface area contributed by atoms with Crippen molar-refractivity contribution in [3.05, 3.63) is 35.4 Å². The molecule has 0 heterocycles. The van der Waals surface area contributed by atoms with Crippen molar-refractivity contribution in [2.24, 2.45) is 9.98 Å². The Morgan fingerprint density at radius 1 is 0.594 bits per heavy atom. The molecular formula is C28H50N2O2. The third-order valence-electron chi connectivity index (χ3n) is 4.56. The summed E-state index contributed by atoms with van der Waals surface area (Å²) >= 11 is 0. The van der Waals surface area contributed by atoms with Gasteiger partial charge in [-0.25, -0.2) is 0 Å². The molecule has 0 fully saturated rings. The van der Waals surface area contributed by atoms with Crippen molar-refractivity contribution in [2.75, 3.05) is 13.2 Å². The molecule has 0 aliphatic rings. The Labute approximate surface area is 198 Å². The number of rotatable bonds is 10. The van der Waals surface area contributed by atoms with Crippen molar-refractivity contribution in [1.82, 2.24) is 0 Å². The van der Waals surface area contributed by atoms with Crippen LogP contribution in [0.3, 0.4) is 0 Å². The van der Waals surface area contributed by atoms with Crippen LogP contribution in [0.2, 0.25) is 0 Å². The largest absolute Gasteiger partial charge is 0.376 e. The van der Waals surface area contributed by atoms with Crippen molar-refractivity contribution >= 4 is 12.4 Å². The van der Waals surface area contributed by atoms with Gasteiger partial charge in [-0.1, -0.05) is 38.1 Å². The predicted octanol–water partition coefficient (Wildman–Crippen LogP) is 7.52. The van der Waals surface area contributed by atoms with Crippen molar-refractivity contribution in [3.63, 3.8) is 0 Å². The minimum Gasteiger partial charge on any atom is -0.376 e. The smallest absolute Gasteiger partial charge is 0.0598 e. The molecule has 4 nitrogen and oxygen atoms in total. The molecule has 1 aromatic carbocycles. The number of aliphatic imine (C=N–C) groups is 2. The van der Waals surface area contributed by atoms with E-state index >= 15 is 0 Å². The molecule has 0 radical (unpaired) electrons. The highest BCUT2D eigenvalue weighted by Crippen LogP contribution is 2.18. The van der Waals surface area contributed by atoms with Gasteiger partial charge >= 0.3 is 0 Å². The second-order valence-corrected chi connectivity index (χ2v) is 11.2. The Morgan fingerprint density at radius 3 is 1.12 bits per heavy atom. The second kappa shape index (κ2) is 13.3. The minimum absolute atomic E-state index is 0.106. The van der Waals surface area contributed by atoms with Gasteiger partial charge in [0.25, 0.3) is 0 Å². The second-order valence-electron chi connectivity index (χ2n) is 11.2. The first-order chi connectivity index (χ1) is 14.6. The zero-order valence-corrected chi connectivity index (χ0v) is 23.0. The van der Waals surface area contributed by atoms with Crippen molar-refractivity contribution in [3.8, 4) is 0 Å². The third kappa shape index (κ3) is 16.2. The Bertz CT molecular complexity index is 627. The highest BCUT2D eigenvalue weighted by molar-refractivity contribution is 5.84. The number of nitrogens with zero attached hydrogens (tertiary/aromatic N) is 2. The van der Waals surface area contributed by atoms with Gasteiger partial charge in [-0.05, 0) is 93.2 Å². The predicted molar refractivity (Wildman–Crippen MR) is 142 cm³/mol. The zero-order chi connectivity index (χ0) is 25.1. The lowest BCUT2D eigenvalue weighted by molar-refractivity contribution is -0.00971. The maximum Gasteiger partial charge on any atom is 0.0598 e. The molecule has 184 valence electrons. The van der Waals surface area contributed by atoms with E-state index in [2.05, 4.69) is 93.5 Å².